The van der Waals surface area contributed by atoms with Gasteiger partial charge >= 0.3 is 0 Å². The predicted molar refractivity (Wildman–Crippen MR) is 67.5 cm³/mol. The maximum Gasteiger partial charge on any atom is 0.248 e. The Morgan fingerprint density at radius 3 is 2.47 bits per heavy atom. The first-order chi connectivity index (χ1) is 7.98. The summed E-state index contributed by atoms with van der Waals surface area (Å²) in [6.45, 7) is 8.15. The molecule has 1 aliphatic rings. The lowest BCUT2D eigenvalue weighted by Gasteiger charge is -2.42. The smallest absolute Gasteiger partial charge is 0.248 e. The van der Waals surface area contributed by atoms with Gasteiger partial charge in [0.1, 0.15) is 5.54 Å². The van der Waals surface area contributed by atoms with Crippen molar-refractivity contribution in [2.45, 2.75) is 65.0 Å². The van der Waals surface area contributed by atoms with Gasteiger partial charge in [-0.25, -0.2) is 0 Å². The van der Waals surface area contributed by atoms with E-state index in [1.54, 1.807) is 4.90 Å². The average Bonchev–Trinajstić information content (AvgIpc) is 2.31. The Balaban J connectivity index is 2.90. The van der Waals surface area contributed by atoms with Crippen LogP contribution in [0.25, 0.3) is 0 Å². The van der Waals surface area contributed by atoms with Crippen LogP contribution in [0.5, 0.6) is 0 Å². The summed E-state index contributed by atoms with van der Waals surface area (Å²) in [5, 5.41) is 2.81. The number of hydrogen-bond donors (Lipinski definition) is 1. The molecule has 2 atom stereocenters. The van der Waals surface area contributed by atoms with Gasteiger partial charge in [0.05, 0.1) is 6.54 Å². The van der Waals surface area contributed by atoms with E-state index in [1.165, 1.54) is 0 Å². The van der Waals surface area contributed by atoms with Crippen LogP contribution in [0.15, 0.2) is 0 Å². The van der Waals surface area contributed by atoms with Crippen molar-refractivity contribution in [2.24, 2.45) is 0 Å². The number of carbonyl (C=O) groups is 2. The lowest BCUT2D eigenvalue weighted by atomic mass is 9.92. The van der Waals surface area contributed by atoms with E-state index in [-0.39, 0.29) is 24.4 Å². The summed E-state index contributed by atoms with van der Waals surface area (Å²) in [6, 6.07) is 0.199. The van der Waals surface area contributed by atoms with Gasteiger partial charge in [0.25, 0.3) is 0 Å². The van der Waals surface area contributed by atoms with Gasteiger partial charge in [-0.15, -0.1) is 0 Å². The highest BCUT2D eigenvalue weighted by atomic mass is 16.2. The van der Waals surface area contributed by atoms with E-state index < -0.39 is 5.54 Å². The number of piperazine rings is 1. The maximum absolute atomic E-state index is 12.4. The molecule has 0 aliphatic carbocycles. The van der Waals surface area contributed by atoms with E-state index in [9.17, 15) is 9.59 Å². The average molecular weight is 240 g/mol. The molecule has 0 saturated carbocycles. The fourth-order valence-electron chi connectivity index (χ4n) is 2.39. The molecule has 17 heavy (non-hydrogen) atoms. The standard InChI is InChI=1S/C13H24N2O2/c1-5-8-10(6-2)15-9-11(16)14-13(4,7-3)12(15)17/h10H,5-9H2,1-4H3,(H,14,16). The molecule has 4 heteroatoms. The van der Waals surface area contributed by atoms with Crippen LogP contribution in [0.4, 0.5) is 0 Å². The van der Waals surface area contributed by atoms with Crippen molar-refractivity contribution in [1.29, 1.82) is 0 Å². The second-order valence-electron chi connectivity index (χ2n) is 5.02. The zero-order valence-corrected chi connectivity index (χ0v) is 11.4. The molecule has 0 aromatic carbocycles. The molecule has 1 fully saturated rings. The van der Waals surface area contributed by atoms with Crippen LogP contribution >= 0.6 is 0 Å². The molecule has 4 nitrogen and oxygen atoms in total. The lowest BCUT2D eigenvalue weighted by molar-refractivity contribution is -0.152. The monoisotopic (exact) mass is 240 g/mol. The van der Waals surface area contributed by atoms with E-state index >= 15 is 0 Å². The van der Waals surface area contributed by atoms with E-state index in [4.69, 9.17) is 0 Å². The van der Waals surface area contributed by atoms with Gasteiger partial charge in [-0.05, 0) is 26.2 Å². The summed E-state index contributed by atoms with van der Waals surface area (Å²) < 4.78 is 0. The Labute approximate surface area is 104 Å². The second-order valence-corrected chi connectivity index (χ2v) is 5.02. The lowest BCUT2D eigenvalue weighted by Crippen LogP contribution is -2.66. The third-order valence-electron chi connectivity index (χ3n) is 3.70. The SMILES string of the molecule is CCCC(CC)N1CC(=O)NC(C)(CC)C1=O. The summed E-state index contributed by atoms with van der Waals surface area (Å²) in [4.78, 5) is 25.9. The molecule has 1 heterocycles. The molecular weight excluding hydrogens is 216 g/mol. The quantitative estimate of drug-likeness (QED) is 0.795. The molecule has 0 spiro atoms. The fraction of sp³-hybridized carbons (Fsp3) is 0.846. The third kappa shape index (κ3) is 2.79. The first-order valence-corrected chi connectivity index (χ1v) is 6.60. The van der Waals surface area contributed by atoms with Crippen LogP contribution in [-0.4, -0.2) is 34.8 Å². The minimum absolute atomic E-state index is 0.0384. The van der Waals surface area contributed by atoms with Gasteiger partial charge in [0, 0.05) is 6.04 Å². The number of carbonyl (C=O) groups excluding carboxylic acids is 2. The minimum atomic E-state index is -0.712. The van der Waals surface area contributed by atoms with Crippen LogP contribution in [0.3, 0.4) is 0 Å². The summed E-state index contributed by atoms with van der Waals surface area (Å²) in [5.74, 6) is 0.0309. The van der Waals surface area contributed by atoms with Gasteiger partial charge in [0.15, 0.2) is 0 Å². The van der Waals surface area contributed by atoms with Crippen molar-refractivity contribution in [3.63, 3.8) is 0 Å². The highest BCUT2D eigenvalue weighted by molar-refractivity contribution is 5.97. The predicted octanol–water partition coefficient (Wildman–Crippen LogP) is 1.69. The van der Waals surface area contributed by atoms with Gasteiger partial charge in [-0.3, -0.25) is 9.59 Å². The number of hydrogen-bond acceptors (Lipinski definition) is 2. The van der Waals surface area contributed by atoms with Crippen molar-refractivity contribution in [3.05, 3.63) is 0 Å². The highest BCUT2D eigenvalue weighted by Gasteiger charge is 2.43. The molecule has 1 saturated heterocycles. The second kappa shape index (κ2) is 5.52. The number of amides is 2. The summed E-state index contributed by atoms with van der Waals surface area (Å²) in [5.41, 5.74) is -0.712. The van der Waals surface area contributed by atoms with Crippen molar-refractivity contribution in [3.8, 4) is 0 Å². The molecular formula is C13H24N2O2. The van der Waals surface area contributed by atoms with E-state index in [2.05, 4.69) is 19.2 Å². The fourth-order valence-corrected chi connectivity index (χ4v) is 2.39. The Morgan fingerprint density at radius 2 is 2.00 bits per heavy atom. The molecule has 0 radical (unpaired) electrons. The molecule has 0 bridgehead atoms. The summed E-state index contributed by atoms with van der Waals surface area (Å²) in [6.07, 6.45) is 3.55. The molecule has 0 aromatic rings. The topological polar surface area (TPSA) is 49.4 Å². The Kier molecular flexibility index (Phi) is 4.54. The zero-order valence-electron chi connectivity index (χ0n) is 11.4. The molecule has 1 rings (SSSR count). The number of nitrogens with one attached hydrogen (secondary N) is 1. The molecule has 2 unspecified atom stereocenters. The van der Waals surface area contributed by atoms with Crippen molar-refractivity contribution in [1.82, 2.24) is 10.2 Å². The first kappa shape index (κ1) is 14.0. The number of nitrogens with zero attached hydrogens (tertiary/aromatic N) is 1. The Hall–Kier alpha value is -1.06. The van der Waals surface area contributed by atoms with Crippen molar-refractivity contribution >= 4 is 11.8 Å². The number of rotatable bonds is 5. The highest BCUT2D eigenvalue weighted by Crippen LogP contribution is 2.22. The van der Waals surface area contributed by atoms with Gasteiger partial charge in [-0.2, -0.15) is 0 Å². The van der Waals surface area contributed by atoms with Gasteiger partial charge in [0.2, 0.25) is 11.8 Å². The van der Waals surface area contributed by atoms with E-state index in [0.717, 1.165) is 19.3 Å². The van der Waals surface area contributed by atoms with Crippen LogP contribution in [-0.2, 0) is 9.59 Å². The first-order valence-electron chi connectivity index (χ1n) is 6.60. The Bertz CT molecular complexity index is 304. The zero-order chi connectivity index (χ0) is 13.1. The van der Waals surface area contributed by atoms with Crippen LogP contribution < -0.4 is 5.32 Å². The van der Waals surface area contributed by atoms with E-state index in [0.29, 0.717) is 6.42 Å². The van der Waals surface area contributed by atoms with Crippen molar-refractivity contribution < 1.29 is 9.59 Å². The minimum Gasteiger partial charge on any atom is -0.340 e. The maximum atomic E-state index is 12.4. The van der Waals surface area contributed by atoms with Crippen LogP contribution in [0.1, 0.15) is 53.4 Å². The van der Waals surface area contributed by atoms with Gasteiger partial charge in [-0.1, -0.05) is 27.2 Å². The largest absolute Gasteiger partial charge is 0.340 e. The summed E-state index contributed by atoms with van der Waals surface area (Å²) >= 11 is 0. The Morgan fingerprint density at radius 1 is 1.35 bits per heavy atom. The molecule has 98 valence electrons. The van der Waals surface area contributed by atoms with Crippen LogP contribution in [0.2, 0.25) is 0 Å². The van der Waals surface area contributed by atoms with Crippen LogP contribution in [0, 0.1) is 0 Å². The third-order valence-corrected chi connectivity index (χ3v) is 3.70. The molecule has 0 aromatic heterocycles. The normalized spacial score (nSPS) is 26.9. The summed E-state index contributed by atoms with van der Waals surface area (Å²) in [7, 11) is 0. The molecule has 1 aliphatic heterocycles. The molecule has 1 N–H and O–H groups in total. The van der Waals surface area contributed by atoms with Crippen molar-refractivity contribution in [2.75, 3.05) is 6.54 Å². The van der Waals surface area contributed by atoms with E-state index in [1.807, 2.05) is 13.8 Å². The molecule has 2 amide bonds. The van der Waals surface area contributed by atoms with Gasteiger partial charge < -0.3 is 10.2 Å².